The lowest BCUT2D eigenvalue weighted by Crippen LogP contribution is -2.22. The lowest BCUT2D eigenvalue weighted by Gasteiger charge is -2.16. The van der Waals surface area contributed by atoms with Crippen molar-refractivity contribution in [3.63, 3.8) is 0 Å². The summed E-state index contributed by atoms with van der Waals surface area (Å²) in [5.74, 6) is 0. The van der Waals surface area contributed by atoms with E-state index in [1.807, 2.05) is 0 Å². The van der Waals surface area contributed by atoms with Crippen LogP contribution in [0.2, 0.25) is 0 Å². The van der Waals surface area contributed by atoms with Gasteiger partial charge in [0, 0.05) is 0 Å². The van der Waals surface area contributed by atoms with Crippen LogP contribution in [0.25, 0.3) is 0 Å². The summed E-state index contributed by atoms with van der Waals surface area (Å²) in [5.41, 5.74) is 0. The molecule has 0 rings (SSSR count). The Morgan fingerprint density at radius 3 is 1.62 bits per heavy atom. The van der Waals surface area contributed by atoms with E-state index in [1.165, 1.54) is 38.5 Å². The van der Waals surface area contributed by atoms with Crippen molar-refractivity contribution in [2.75, 3.05) is 0 Å². The summed E-state index contributed by atoms with van der Waals surface area (Å²) in [6, 6.07) is 0. The SMILES string of the molecule is CCCCCCCCC(CCC(O)CCCCCCC)S(=O)(=O)O. The Morgan fingerprint density at radius 2 is 1.12 bits per heavy atom. The maximum absolute atomic E-state index is 11.5. The highest BCUT2D eigenvalue weighted by atomic mass is 32.2. The topological polar surface area (TPSA) is 74.6 Å². The van der Waals surface area contributed by atoms with Crippen LogP contribution in [-0.4, -0.2) is 29.4 Å². The highest BCUT2D eigenvalue weighted by molar-refractivity contribution is 7.86. The van der Waals surface area contributed by atoms with Crippen LogP contribution in [0.3, 0.4) is 0 Å². The number of unbranched alkanes of at least 4 members (excludes halogenated alkanes) is 9. The van der Waals surface area contributed by atoms with Crippen LogP contribution in [0, 0.1) is 0 Å². The molecule has 2 N–H and O–H groups in total. The molecule has 0 fully saturated rings. The molecule has 0 amide bonds. The van der Waals surface area contributed by atoms with Gasteiger partial charge in [0.05, 0.1) is 11.4 Å². The van der Waals surface area contributed by atoms with Crippen LogP contribution in [0.1, 0.15) is 110 Å². The Bertz CT molecular complexity index is 368. The second-order valence-corrected chi connectivity index (χ2v) is 8.82. The van der Waals surface area contributed by atoms with Gasteiger partial charge in [-0.05, 0) is 25.7 Å². The zero-order valence-electron chi connectivity index (χ0n) is 15.9. The summed E-state index contributed by atoms with van der Waals surface area (Å²) in [7, 11) is -4.00. The Labute approximate surface area is 150 Å². The first-order chi connectivity index (χ1) is 11.4. The molecule has 0 aliphatic carbocycles. The maximum Gasteiger partial charge on any atom is 0.267 e. The van der Waals surface area contributed by atoms with E-state index in [1.54, 1.807) is 0 Å². The molecule has 0 aromatic rings. The van der Waals surface area contributed by atoms with Crippen LogP contribution in [0.4, 0.5) is 0 Å². The third kappa shape index (κ3) is 14.2. The van der Waals surface area contributed by atoms with Gasteiger partial charge in [0.15, 0.2) is 0 Å². The number of hydrogen-bond acceptors (Lipinski definition) is 3. The van der Waals surface area contributed by atoms with Crippen molar-refractivity contribution in [1.29, 1.82) is 0 Å². The zero-order chi connectivity index (χ0) is 18.3. The van der Waals surface area contributed by atoms with Crippen molar-refractivity contribution >= 4 is 10.1 Å². The van der Waals surface area contributed by atoms with Crippen molar-refractivity contribution in [3.8, 4) is 0 Å². The summed E-state index contributed by atoms with van der Waals surface area (Å²) in [6.45, 7) is 4.34. The van der Waals surface area contributed by atoms with Gasteiger partial charge >= 0.3 is 0 Å². The van der Waals surface area contributed by atoms with Crippen LogP contribution in [0.5, 0.6) is 0 Å². The molecule has 146 valence electrons. The van der Waals surface area contributed by atoms with Crippen molar-refractivity contribution in [2.24, 2.45) is 0 Å². The summed E-state index contributed by atoms with van der Waals surface area (Å²) < 4.78 is 32.4. The largest absolute Gasteiger partial charge is 0.393 e. The smallest absolute Gasteiger partial charge is 0.267 e. The van der Waals surface area contributed by atoms with Gasteiger partial charge in [-0.25, -0.2) is 0 Å². The molecule has 0 saturated carbocycles. The molecule has 0 saturated heterocycles. The van der Waals surface area contributed by atoms with E-state index in [0.29, 0.717) is 19.3 Å². The van der Waals surface area contributed by atoms with Crippen LogP contribution in [0.15, 0.2) is 0 Å². The van der Waals surface area contributed by atoms with Gasteiger partial charge in [-0.15, -0.1) is 0 Å². The molecule has 0 aromatic carbocycles. The summed E-state index contributed by atoms with van der Waals surface area (Å²) in [5, 5.41) is 9.30. The minimum Gasteiger partial charge on any atom is -0.393 e. The van der Waals surface area contributed by atoms with Crippen LogP contribution < -0.4 is 0 Å². The Hall–Kier alpha value is -0.130. The van der Waals surface area contributed by atoms with E-state index >= 15 is 0 Å². The molecule has 2 unspecified atom stereocenters. The second kappa shape index (κ2) is 15.2. The molecular weight excluding hydrogens is 324 g/mol. The summed E-state index contributed by atoms with van der Waals surface area (Å²) >= 11 is 0. The monoisotopic (exact) mass is 364 g/mol. The normalized spacial score (nSPS) is 14.7. The van der Waals surface area contributed by atoms with E-state index in [-0.39, 0.29) is 0 Å². The lowest BCUT2D eigenvalue weighted by atomic mass is 10.0. The number of aliphatic hydroxyl groups excluding tert-OH is 1. The summed E-state index contributed by atoms with van der Waals surface area (Å²) in [4.78, 5) is 0. The number of rotatable bonds is 17. The Kier molecular flexibility index (Phi) is 15.1. The van der Waals surface area contributed by atoms with Crippen LogP contribution >= 0.6 is 0 Å². The van der Waals surface area contributed by atoms with Gasteiger partial charge in [-0.3, -0.25) is 4.55 Å². The second-order valence-electron chi connectivity index (χ2n) is 7.13. The lowest BCUT2D eigenvalue weighted by molar-refractivity contribution is 0.147. The minimum absolute atomic E-state index is 0.365. The van der Waals surface area contributed by atoms with E-state index in [4.69, 9.17) is 0 Å². The van der Waals surface area contributed by atoms with Crippen molar-refractivity contribution in [3.05, 3.63) is 0 Å². The number of hydrogen-bond donors (Lipinski definition) is 2. The van der Waals surface area contributed by atoms with Gasteiger partial charge < -0.3 is 5.11 Å². The summed E-state index contributed by atoms with van der Waals surface area (Å²) in [6.07, 6.45) is 14.0. The van der Waals surface area contributed by atoms with Crippen molar-refractivity contribution in [2.45, 2.75) is 122 Å². The van der Waals surface area contributed by atoms with E-state index in [2.05, 4.69) is 13.8 Å². The molecule has 0 heterocycles. The fourth-order valence-electron chi connectivity index (χ4n) is 3.10. The molecular formula is C19H40O4S. The predicted octanol–water partition coefficient (Wildman–Crippen LogP) is 5.50. The first-order valence-corrected chi connectivity index (χ1v) is 11.6. The first kappa shape index (κ1) is 23.9. The molecule has 0 aliphatic heterocycles. The van der Waals surface area contributed by atoms with Gasteiger partial charge in [-0.2, -0.15) is 8.42 Å². The zero-order valence-corrected chi connectivity index (χ0v) is 16.7. The molecule has 2 atom stereocenters. The Balaban J connectivity index is 3.94. The van der Waals surface area contributed by atoms with Crippen molar-refractivity contribution in [1.82, 2.24) is 0 Å². The van der Waals surface area contributed by atoms with Gasteiger partial charge in [-0.1, -0.05) is 84.5 Å². The minimum atomic E-state index is -4.00. The fraction of sp³-hybridized carbons (Fsp3) is 1.00. The average molecular weight is 365 g/mol. The quantitative estimate of drug-likeness (QED) is 0.264. The molecule has 24 heavy (non-hydrogen) atoms. The highest BCUT2D eigenvalue weighted by Gasteiger charge is 2.23. The van der Waals surface area contributed by atoms with E-state index in [9.17, 15) is 18.1 Å². The molecule has 4 nitrogen and oxygen atoms in total. The Morgan fingerprint density at radius 1 is 0.667 bits per heavy atom. The fourth-order valence-corrected chi connectivity index (χ4v) is 4.00. The molecule has 0 bridgehead atoms. The molecule has 0 radical (unpaired) electrons. The third-order valence-electron chi connectivity index (χ3n) is 4.76. The van der Waals surface area contributed by atoms with Crippen molar-refractivity contribution < 1.29 is 18.1 Å². The average Bonchev–Trinajstić information content (AvgIpc) is 2.52. The highest BCUT2D eigenvalue weighted by Crippen LogP contribution is 2.19. The molecule has 5 heteroatoms. The van der Waals surface area contributed by atoms with E-state index < -0.39 is 21.5 Å². The molecule has 0 aromatic heterocycles. The molecule has 0 spiro atoms. The van der Waals surface area contributed by atoms with Crippen LogP contribution in [-0.2, 0) is 10.1 Å². The maximum atomic E-state index is 11.5. The van der Waals surface area contributed by atoms with Gasteiger partial charge in [0.25, 0.3) is 10.1 Å². The standard InChI is InChI=1S/C19H40O4S/c1-3-5-7-9-11-13-15-19(24(21,22)23)17-16-18(20)14-12-10-8-6-4-2/h18-20H,3-17H2,1-2H3,(H,21,22,23). The molecule has 0 aliphatic rings. The predicted molar refractivity (Wildman–Crippen MR) is 102 cm³/mol. The number of aliphatic hydroxyl groups is 1. The van der Waals surface area contributed by atoms with E-state index in [0.717, 1.165) is 38.5 Å². The third-order valence-corrected chi connectivity index (χ3v) is 6.08. The first-order valence-electron chi connectivity index (χ1n) is 10.1. The van der Waals surface area contributed by atoms with Gasteiger partial charge in [0.2, 0.25) is 0 Å². The van der Waals surface area contributed by atoms with Gasteiger partial charge in [0.1, 0.15) is 0 Å².